The van der Waals surface area contributed by atoms with Gasteiger partial charge < -0.3 is 9.47 Å². The second-order valence-electron chi connectivity index (χ2n) is 6.41. The molecule has 0 aliphatic heterocycles. The molecule has 2 amide bonds. The van der Waals surface area contributed by atoms with Gasteiger partial charge in [-0.1, -0.05) is 25.1 Å². The SMILES string of the molecule is CCCOc1ccc(C(=O)NNC(=O)Cn2ncc3ccccc3c2=O)cc1OC. The van der Waals surface area contributed by atoms with E-state index < -0.39 is 11.8 Å². The van der Waals surface area contributed by atoms with Crippen molar-refractivity contribution in [3.8, 4) is 11.5 Å². The van der Waals surface area contributed by atoms with Crippen molar-refractivity contribution in [2.75, 3.05) is 13.7 Å². The lowest BCUT2D eigenvalue weighted by Gasteiger charge is -2.12. The summed E-state index contributed by atoms with van der Waals surface area (Å²) in [5, 5.41) is 5.14. The van der Waals surface area contributed by atoms with Crippen LogP contribution in [0.15, 0.2) is 53.5 Å². The van der Waals surface area contributed by atoms with Crippen LogP contribution in [-0.2, 0) is 11.3 Å². The van der Waals surface area contributed by atoms with E-state index in [1.54, 1.807) is 36.4 Å². The molecular formula is C21H22N4O5. The second-order valence-corrected chi connectivity index (χ2v) is 6.41. The Labute approximate surface area is 172 Å². The Morgan fingerprint density at radius 3 is 2.67 bits per heavy atom. The summed E-state index contributed by atoms with van der Waals surface area (Å²) in [5.41, 5.74) is 4.48. The van der Waals surface area contributed by atoms with Crippen LogP contribution in [0.5, 0.6) is 11.5 Å². The highest BCUT2D eigenvalue weighted by atomic mass is 16.5. The summed E-state index contributed by atoms with van der Waals surface area (Å²) >= 11 is 0. The summed E-state index contributed by atoms with van der Waals surface area (Å²) in [5.74, 6) is -0.193. The van der Waals surface area contributed by atoms with E-state index in [9.17, 15) is 14.4 Å². The van der Waals surface area contributed by atoms with Crippen LogP contribution in [0.2, 0.25) is 0 Å². The summed E-state index contributed by atoms with van der Waals surface area (Å²) in [6.45, 7) is 2.18. The summed E-state index contributed by atoms with van der Waals surface area (Å²) in [4.78, 5) is 36.9. The van der Waals surface area contributed by atoms with Gasteiger partial charge in [0.1, 0.15) is 6.54 Å². The van der Waals surface area contributed by atoms with Gasteiger partial charge in [-0.25, -0.2) is 4.68 Å². The molecule has 0 spiro atoms. The van der Waals surface area contributed by atoms with E-state index in [0.717, 1.165) is 11.1 Å². The maximum Gasteiger partial charge on any atom is 0.275 e. The third-order valence-electron chi connectivity index (χ3n) is 4.26. The summed E-state index contributed by atoms with van der Waals surface area (Å²) < 4.78 is 11.8. The number of carbonyl (C=O) groups excluding carboxylic acids is 2. The number of nitrogens with zero attached hydrogens (tertiary/aromatic N) is 2. The van der Waals surface area contributed by atoms with Gasteiger partial charge in [0.25, 0.3) is 17.4 Å². The van der Waals surface area contributed by atoms with Gasteiger partial charge in [0.15, 0.2) is 11.5 Å². The van der Waals surface area contributed by atoms with Crippen molar-refractivity contribution in [1.82, 2.24) is 20.6 Å². The predicted octanol–water partition coefficient (Wildman–Crippen LogP) is 1.66. The van der Waals surface area contributed by atoms with Gasteiger partial charge >= 0.3 is 0 Å². The third-order valence-corrected chi connectivity index (χ3v) is 4.26. The molecule has 1 heterocycles. The van der Waals surface area contributed by atoms with Gasteiger partial charge in [0.05, 0.1) is 25.3 Å². The van der Waals surface area contributed by atoms with Crippen LogP contribution in [0.3, 0.4) is 0 Å². The average molecular weight is 410 g/mol. The van der Waals surface area contributed by atoms with Crippen LogP contribution >= 0.6 is 0 Å². The Morgan fingerprint density at radius 2 is 1.90 bits per heavy atom. The third kappa shape index (κ3) is 4.75. The molecule has 2 N–H and O–H groups in total. The highest BCUT2D eigenvalue weighted by molar-refractivity contribution is 5.96. The van der Waals surface area contributed by atoms with Crippen LogP contribution in [0.25, 0.3) is 10.8 Å². The monoisotopic (exact) mass is 410 g/mol. The quantitative estimate of drug-likeness (QED) is 0.573. The van der Waals surface area contributed by atoms with Crippen LogP contribution in [-0.4, -0.2) is 35.3 Å². The van der Waals surface area contributed by atoms with Crippen molar-refractivity contribution in [3.05, 3.63) is 64.6 Å². The minimum Gasteiger partial charge on any atom is -0.493 e. The molecule has 0 aliphatic carbocycles. The molecule has 0 saturated heterocycles. The lowest BCUT2D eigenvalue weighted by Crippen LogP contribution is -2.44. The van der Waals surface area contributed by atoms with Crippen LogP contribution in [0.1, 0.15) is 23.7 Å². The zero-order valence-electron chi connectivity index (χ0n) is 16.7. The van der Waals surface area contributed by atoms with Gasteiger partial charge in [-0.05, 0) is 30.7 Å². The summed E-state index contributed by atoms with van der Waals surface area (Å²) in [6, 6.07) is 11.7. The Bertz CT molecular complexity index is 1130. The molecule has 0 aliphatic rings. The van der Waals surface area contributed by atoms with Crippen LogP contribution in [0.4, 0.5) is 0 Å². The number of fused-ring (bicyclic) bond motifs is 1. The van der Waals surface area contributed by atoms with Gasteiger partial charge in [-0.15, -0.1) is 0 Å². The number of amides is 2. The Morgan fingerprint density at radius 1 is 1.10 bits per heavy atom. The van der Waals surface area contributed by atoms with Gasteiger partial charge in [0.2, 0.25) is 0 Å². The van der Waals surface area contributed by atoms with Crippen molar-refractivity contribution < 1.29 is 19.1 Å². The highest BCUT2D eigenvalue weighted by Crippen LogP contribution is 2.28. The van der Waals surface area contributed by atoms with Gasteiger partial charge in [-0.3, -0.25) is 25.2 Å². The molecule has 30 heavy (non-hydrogen) atoms. The molecule has 3 aromatic rings. The fourth-order valence-corrected chi connectivity index (χ4v) is 2.75. The number of benzene rings is 2. The van der Waals surface area contributed by atoms with E-state index in [4.69, 9.17) is 9.47 Å². The molecule has 1 aromatic heterocycles. The first-order chi connectivity index (χ1) is 14.5. The minimum atomic E-state index is -0.594. The maximum absolute atomic E-state index is 12.4. The number of nitrogens with one attached hydrogen (secondary N) is 2. The van der Waals surface area contributed by atoms with E-state index in [-0.39, 0.29) is 17.7 Å². The number of carbonyl (C=O) groups is 2. The normalized spacial score (nSPS) is 10.5. The molecule has 0 saturated carbocycles. The Hall–Kier alpha value is -3.88. The zero-order chi connectivity index (χ0) is 21.5. The van der Waals surface area contributed by atoms with Crippen molar-refractivity contribution >= 4 is 22.6 Å². The molecule has 0 bridgehead atoms. The van der Waals surface area contributed by atoms with Gasteiger partial charge in [0, 0.05) is 10.9 Å². The van der Waals surface area contributed by atoms with Crippen molar-refractivity contribution in [2.24, 2.45) is 0 Å². The Kier molecular flexibility index (Phi) is 6.63. The number of hydrogen-bond acceptors (Lipinski definition) is 6. The first-order valence-corrected chi connectivity index (χ1v) is 9.38. The van der Waals surface area contributed by atoms with E-state index >= 15 is 0 Å². The fraction of sp³-hybridized carbons (Fsp3) is 0.238. The number of hydrogen-bond donors (Lipinski definition) is 2. The fourth-order valence-electron chi connectivity index (χ4n) is 2.75. The average Bonchev–Trinajstić information content (AvgIpc) is 2.78. The standard InChI is InChI=1S/C21H22N4O5/c1-3-10-30-17-9-8-14(11-18(17)29-2)20(27)24-23-19(26)13-25-21(28)16-7-5-4-6-15(16)12-22-25/h4-9,11-12H,3,10,13H2,1-2H3,(H,23,26)(H,24,27). The van der Waals surface area contributed by atoms with Crippen molar-refractivity contribution in [2.45, 2.75) is 19.9 Å². The highest BCUT2D eigenvalue weighted by Gasteiger charge is 2.13. The minimum absolute atomic E-state index is 0.275. The molecule has 3 rings (SSSR count). The molecule has 9 heteroatoms. The molecule has 0 atom stereocenters. The largest absolute Gasteiger partial charge is 0.493 e. The molecule has 9 nitrogen and oxygen atoms in total. The molecule has 0 unspecified atom stereocenters. The van der Waals surface area contributed by atoms with Crippen LogP contribution < -0.4 is 25.9 Å². The smallest absolute Gasteiger partial charge is 0.275 e. The number of aromatic nitrogens is 2. The number of methoxy groups -OCH3 is 1. The molecule has 156 valence electrons. The number of hydrazine groups is 1. The summed E-state index contributed by atoms with van der Waals surface area (Å²) in [7, 11) is 1.48. The molecule has 0 radical (unpaired) electrons. The number of rotatable bonds is 7. The van der Waals surface area contributed by atoms with E-state index in [2.05, 4.69) is 16.0 Å². The molecular weight excluding hydrogens is 388 g/mol. The topological polar surface area (TPSA) is 112 Å². The van der Waals surface area contributed by atoms with Gasteiger partial charge in [-0.2, -0.15) is 5.10 Å². The maximum atomic E-state index is 12.4. The summed E-state index contributed by atoms with van der Waals surface area (Å²) in [6.07, 6.45) is 2.35. The molecule has 0 fully saturated rings. The lowest BCUT2D eigenvalue weighted by molar-refractivity contribution is -0.122. The number of ether oxygens (including phenoxy) is 2. The lowest BCUT2D eigenvalue weighted by atomic mass is 10.2. The van der Waals surface area contributed by atoms with E-state index in [0.29, 0.717) is 28.9 Å². The van der Waals surface area contributed by atoms with E-state index in [1.165, 1.54) is 19.4 Å². The predicted molar refractivity (Wildman–Crippen MR) is 110 cm³/mol. The first kappa shape index (κ1) is 20.8. The van der Waals surface area contributed by atoms with E-state index in [1.807, 2.05) is 6.92 Å². The van der Waals surface area contributed by atoms with Crippen molar-refractivity contribution in [1.29, 1.82) is 0 Å². The first-order valence-electron chi connectivity index (χ1n) is 9.38. The zero-order valence-corrected chi connectivity index (χ0v) is 16.7. The second kappa shape index (κ2) is 9.55. The molecule has 2 aromatic carbocycles. The van der Waals surface area contributed by atoms with Crippen LogP contribution in [0, 0.1) is 0 Å². The van der Waals surface area contributed by atoms with Crippen molar-refractivity contribution in [3.63, 3.8) is 0 Å². The Balaban J connectivity index is 1.63.